The molecule has 0 bridgehead atoms. The number of hydrogen-bond donors (Lipinski definition) is 2. The summed E-state index contributed by atoms with van der Waals surface area (Å²) in [5.74, 6) is -0.977. The molecular weight excluding hydrogens is 398 g/mol. The van der Waals surface area contributed by atoms with Crippen LogP contribution in [0.5, 0.6) is 0 Å². The third-order valence-corrected chi connectivity index (χ3v) is 4.73. The van der Waals surface area contributed by atoms with E-state index in [0.717, 1.165) is 10.2 Å². The second-order valence-electron chi connectivity index (χ2n) is 6.03. The standard InChI is InChI=1S/C19H18BrN3O3/c1-21-18(25)12-4-2-6-15(8-12)22-19(26)13-9-17(24)23(11-13)16-7-3-5-14(20)10-16/h2-8,10,13H,9,11H2,1H3,(H,21,25)(H,22,26)/t13-/m1/s1. The lowest BCUT2D eigenvalue weighted by atomic mass is 10.1. The number of amides is 3. The van der Waals surface area contributed by atoms with Gasteiger partial charge in [-0.05, 0) is 36.4 Å². The smallest absolute Gasteiger partial charge is 0.251 e. The van der Waals surface area contributed by atoms with Crippen molar-refractivity contribution in [3.63, 3.8) is 0 Å². The van der Waals surface area contributed by atoms with Crippen LogP contribution in [0.4, 0.5) is 11.4 Å². The molecule has 1 aliphatic heterocycles. The molecule has 0 aromatic heterocycles. The predicted octanol–water partition coefficient (Wildman–Crippen LogP) is 2.80. The highest BCUT2D eigenvalue weighted by atomic mass is 79.9. The van der Waals surface area contributed by atoms with Crippen molar-refractivity contribution in [2.75, 3.05) is 23.8 Å². The average molecular weight is 416 g/mol. The number of halogens is 1. The second kappa shape index (κ2) is 7.70. The molecule has 0 aliphatic carbocycles. The van der Waals surface area contributed by atoms with Crippen molar-refractivity contribution in [2.45, 2.75) is 6.42 Å². The summed E-state index contributed by atoms with van der Waals surface area (Å²) < 4.78 is 0.877. The Morgan fingerprint density at radius 3 is 2.65 bits per heavy atom. The van der Waals surface area contributed by atoms with E-state index in [9.17, 15) is 14.4 Å². The zero-order valence-electron chi connectivity index (χ0n) is 14.2. The van der Waals surface area contributed by atoms with Crippen molar-refractivity contribution < 1.29 is 14.4 Å². The van der Waals surface area contributed by atoms with Crippen molar-refractivity contribution in [1.82, 2.24) is 5.32 Å². The summed E-state index contributed by atoms with van der Waals surface area (Å²) >= 11 is 3.39. The summed E-state index contributed by atoms with van der Waals surface area (Å²) in [4.78, 5) is 38.2. The number of carbonyl (C=O) groups is 3. The number of nitrogens with one attached hydrogen (secondary N) is 2. The zero-order chi connectivity index (χ0) is 18.7. The Morgan fingerprint density at radius 1 is 1.15 bits per heavy atom. The van der Waals surface area contributed by atoms with E-state index >= 15 is 0 Å². The molecule has 1 atom stereocenters. The van der Waals surface area contributed by atoms with Crippen molar-refractivity contribution in [3.05, 3.63) is 58.6 Å². The minimum atomic E-state index is -0.440. The molecule has 6 nitrogen and oxygen atoms in total. The highest BCUT2D eigenvalue weighted by molar-refractivity contribution is 9.10. The van der Waals surface area contributed by atoms with Gasteiger partial charge in [0.25, 0.3) is 5.91 Å². The molecule has 2 aromatic rings. The summed E-state index contributed by atoms with van der Waals surface area (Å²) in [6.07, 6.45) is 0.160. The first-order chi connectivity index (χ1) is 12.5. The summed E-state index contributed by atoms with van der Waals surface area (Å²) in [6.45, 7) is 0.330. The van der Waals surface area contributed by atoms with E-state index in [2.05, 4.69) is 26.6 Å². The number of benzene rings is 2. The Hall–Kier alpha value is -2.67. The molecule has 2 N–H and O–H groups in total. The number of carbonyl (C=O) groups excluding carboxylic acids is 3. The van der Waals surface area contributed by atoms with Crippen molar-refractivity contribution >= 4 is 45.0 Å². The minimum absolute atomic E-state index is 0.0811. The van der Waals surface area contributed by atoms with Gasteiger partial charge in [-0.1, -0.05) is 28.1 Å². The first kappa shape index (κ1) is 18.1. The Bertz CT molecular complexity index is 869. The maximum atomic E-state index is 12.6. The number of hydrogen-bond acceptors (Lipinski definition) is 3. The molecule has 1 fully saturated rings. The SMILES string of the molecule is CNC(=O)c1cccc(NC(=O)[C@@H]2CC(=O)N(c3cccc(Br)c3)C2)c1. The fourth-order valence-corrected chi connectivity index (χ4v) is 3.29. The number of rotatable bonds is 4. The van der Waals surface area contributed by atoms with E-state index in [4.69, 9.17) is 0 Å². The maximum Gasteiger partial charge on any atom is 0.251 e. The molecular formula is C19H18BrN3O3. The molecule has 0 radical (unpaired) electrons. The molecule has 0 unspecified atom stereocenters. The molecule has 3 rings (SSSR count). The molecule has 0 spiro atoms. The first-order valence-corrected chi connectivity index (χ1v) is 8.96. The fourth-order valence-electron chi connectivity index (χ4n) is 2.90. The highest BCUT2D eigenvalue weighted by Gasteiger charge is 2.35. The number of anilines is 2. The third-order valence-electron chi connectivity index (χ3n) is 4.24. The second-order valence-corrected chi connectivity index (χ2v) is 6.95. The molecule has 1 saturated heterocycles. The van der Waals surface area contributed by atoms with Gasteiger partial charge in [-0.15, -0.1) is 0 Å². The zero-order valence-corrected chi connectivity index (χ0v) is 15.7. The minimum Gasteiger partial charge on any atom is -0.355 e. The van der Waals surface area contributed by atoms with E-state index in [-0.39, 0.29) is 24.1 Å². The van der Waals surface area contributed by atoms with Crippen LogP contribution in [0.15, 0.2) is 53.0 Å². The van der Waals surface area contributed by atoms with Gasteiger partial charge >= 0.3 is 0 Å². The van der Waals surface area contributed by atoms with Gasteiger partial charge in [0.15, 0.2) is 0 Å². The lowest BCUT2D eigenvalue weighted by molar-refractivity contribution is -0.122. The lowest BCUT2D eigenvalue weighted by Gasteiger charge is -2.17. The molecule has 3 amide bonds. The Kier molecular flexibility index (Phi) is 5.37. The molecule has 26 heavy (non-hydrogen) atoms. The topological polar surface area (TPSA) is 78.5 Å². The van der Waals surface area contributed by atoms with E-state index < -0.39 is 5.92 Å². The van der Waals surface area contributed by atoms with Crippen LogP contribution < -0.4 is 15.5 Å². The molecule has 1 heterocycles. The monoisotopic (exact) mass is 415 g/mol. The van der Waals surface area contributed by atoms with Crippen molar-refractivity contribution in [3.8, 4) is 0 Å². The van der Waals surface area contributed by atoms with Gasteiger partial charge in [-0.25, -0.2) is 0 Å². The fraction of sp³-hybridized carbons (Fsp3) is 0.211. The normalized spacial score (nSPS) is 16.5. The Balaban J connectivity index is 1.70. The van der Waals surface area contributed by atoms with Crippen LogP contribution in [0.2, 0.25) is 0 Å². The van der Waals surface area contributed by atoms with Crippen LogP contribution in [0.3, 0.4) is 0 Å². The van der Waals surface area contributed by atoms with E-state index in [1.807, 2.05) is 24.3 Å². The summed E-state index contributed by atoms with van der Waals surface area (Å²) in [5.41, 5.74) is 1.76. The largest absolute Gasteiger partial charge is 0.355 e. The molecule has 0 saturated carbocycles. The Morgan fingerprint density at radius 2 is 1.92 bits per heavy atom. The Labute approximate surface area is 159 Å². The van der Waals surface area contributed by atoms with Crippen molar-refractivity contribution in [2.24, 2.45) is 5.92 Å². The van der Waals surface area contributed by atoms with Crippen LogP contribution in [0.25, 0.3) is 0 Å². The van der Waals surface area contributed by atoms with E-state index in [0.29, 0.717) is 17.8 Å². The van der Waals surface area contributed by atoms with Gasteiger partial charge in [0.05, 0.1) is 5.92 Å². The first-order valence-electron chi connectivity index (χ1n) is 8.17. The third kappa shape index (κ3) is 3.94. The van der Waals surface area contributed by atoms with Crippen LogP contribution in [0, 0.1) is 5.92 Å². The van der Waals surface area contributed by atoms with Gasteiger partial charge in [0.1, 0.15) is 0 Å². The van der Waals surface area contributed by atoms with Crippen LogP contribution in [0.1, 0.15) is 16.8 Å². The molecule has 7 heteroatoms. The van der Waals surface area contributed by atoms with E-state index in [1.165, 1.54) is 0 Å². The van der Waals surface area contributed by atoms with Gasteiger partial charge in [0.2, 0.25) is 11.8 Å². The quantitative estimate of drug-likeness (QED) is 0.805. The molecule has 1 aliphatic rings. The summed E-state index contributed by atoms with van der Waals surface area (Å²) in [7, 11) is 1.55. The van der Waals surface area contributed by atoms with Crippen molar-refractivity contribution in [1.29, 1.82) is 0 Å². The molecule has 134 valence electrons. The van der Waals surface area contributed by atoms with Gasteiger partial charge in [0, 0.05) is 41.4 Å². The van der Waals surface area contributed by atoms with Crippen LogP contribution in [-0.2, 0) is 9.59 Å². The highest BCUT2D eigenvalue weighted by Crippen LogP contribution is 2.28. The average Bonchev–Trinajstić information content (AvgIpc) is 3.03. The number of nitrogens with zero attached hydrogens (tertiary/aromatic N) is 1. The maximum absolute atomic E-state index is 12.6. The lowest BCUT2D eigenvalue weighted by Crippen LogP contribution is -2.28. The van der Waals surface area contributed by atoms with E-state index in [1.54, 1.807) is 36.2 Å². The molecule has 2 aromatic carbocycles. The van der Waals surface area contributed by atoms with Crippen LogP contribution in [-0.4, -0.2) is 31.3 Å². The summed E-state index contributed by atoms with van der Waals surface area (Å²) in [6, 6.07) is 14.1. The van der Waals surface area contributed by atoms with Crippen LogP contribution >= 0.6 is 15.9 Å². The van der Waals surface area contributed by atoms with Gasteiger partial charge < -0.3 is 15.5 Å². The van der Waals surface area contributed by atoms with Gasteiger partial charge in [-0.2, -0.15) is 0 Å². The predicted molar refractivity (Wildman–Crippen MR) is 103 cm³/mol. The summed E-state index contributed by atoms with van der Waals surface area (Å²) in [5, 5.41) is 5.34. The van der Waals surface area contributed by atoms with Gasteiger partial charge in [-0.3, -0.25) is 14.4 Å².